The van der Waals surface area contributed by atoms with Gasteiger partial charge in [0.1, 0.15) is 0 Å². The number of aryl methyl sites for hydroxylation is 1. The molecule has 0 unspecified atom stereocenters. The van der Waals surface area contributed by atoms with E-state index in [9.17, 15) is 9.32 Å². The van der Waals surface area contributed by atoms with Crippen molar-refractivity contribution in [3.8, 4) is 0 Å². The van der Waals surface area contributed by atoms with Crippen molar-refractivity contribution in [2.24, 2.45) is 0 Å². The maximum absolute atomic E-state index is 11.6. The lowest BCUT2D eigenvalue weighted by Gasteiger charge is -2.05. The zero-order valence-electron chi connectivity index (χ0n) is 8.14. The second-order valence-corrected chi connectivity index (χ2v) is 4.62. The van der Waals surface area contributed by atoms with Gasteiger partial charge in [-0.25, -0.2) is 0 Å². The minimum Gasteiger partial charge on any atom is -0.388 e. The molecule has 3 heteroatoms. The molecular formula is C11H14O2S. The van der Waals surface area contributed by atoms with Crippen LogP contribution in [0.4, 0.5) is 0 Å². The van der Waals surface area contributed by atoms with E-state index >= 15 is 0 Å². The van der Waals surface area contributed by atoms with E-state index in [1.807, 2.05) is 31.2 Å². The molecule has 14 heavy (non-hydrogen) atoms. The van der Waals surface area contributed by atoms with Gasteiger partial charge in [0.05, 0.1) is 22.7 Å². The van der Waals surface area contributed by atoms with Gasteiger partial charge >= 0.3 is 0 Å². The van der Waals surface area contributed by atoms with E-state index in [0.29, 0.717) is 0 Å². The lowest BCUT2D eigenvalue weighted by Crippen LogP contribution is -2.13. The maximum Gasteiger partial charge on any atom is 0.0837 e. The largest absolute Gasteiger partial charge is 0.388 e. The standard InChI is InChI=1S/C11H14O2S/c1-3-10(12)8-14(13)11-6-4-9(2)5-7-11/h3-7,10,12H,1,8H2,2H3/t10-,14+/m0/s1. The predicted octanol–water partition coefficient (Wildman–Crippen LogP) is 1.65. The Balaban J connectivity index is 2.70. The summed E-state index contributed by atoms with van der Waals surface area (Å²) in [5.41, 5.74) is 1.13. The summed E-state index contributed by atoms with van der Waals surface area (Å²) in [5, 5.41) is 9.23. The lowest BCUT2D eigenvalue weighted by molar-refractivity contribution is 0.248. The number of benzene rings is 1. The van der Waals surface area contributed by atoms with Crippen molar-refractivity contribution in [2.75, 3.05) is 5.75 Å². The Kier molecular flexibility index (Phi) is 4.04. The summed E-state index contributed by atoms with van der Waals surface area (Å²) in [4.78, 5) is 0.747. The third-order valence-electron chi connectivity index (χ3n) is 1.88. The monoisotopic (exact) mass is 210 g/mol. The highest BCUT2D eigenvalue weighted by atomic mass is 32.2. The van der Waals surface area contributed by atoms with E-state index in [1.54, 1.807) is 0 Å². The molecule has 76 valence electrons. The van der Waals surface area contributed by atoms with Crippen molar-refractivity contribution in [3.63, 3.8) is 0 Å². The summed E-state index contributed by atoms with van der Waals surface area (Å²) in [6.07, 6.45) is 0.698. The van der Waals surface area contributed by atoms with Crippen molar-refractivity contribution >= 4 is 10.8 Å². The first-order chi connectivity index (χ1) is 6.63. The van der Waals surface area contributed by atoms with Crippen LogP contribution in [0.2, 0.25) is 0 Å². The molecule has 1 aromatic carbocycles. The van der Waals surface area contributed by atoms with Gasteiger partial charge in [-0.2, -0.15) is 0 Å². The van der Waals surface area contributed by atoms with Gasteiger partial charge in [-0.3, -0.25) is 4.21 Å². The van der Waals surface area contributed by atoms with Crippen LogP contribution in [-0.2, 0) is 10.8 Å². The third-order valence-corrected chi connectivity index (χ3v) is 3.32. The Bertz CT molecular complexity index is 330. The average molecular weight is 210 g/mol. The van der Waals surface area contributed by atoms with Gasteiger partial charge in [0.15, 0.2) is 0 Å². The summed E-state index contributed by atoms with van der Waals surface area (Å²) in [6, 6.07) is 7.46. The van der Waals surface area contributed by atoms with Crippen LogP contribution < -0.4 is 0 Å². The van der Waals surface area contributed by atoms with Crippen LogP contribution in [0.3, 0.4) is 0 Å². The number of aliphatic hydroxyl groups is 1. The molecule has 0 aliphatic carbocycles. The number of aliphatic hydroxyl groups excluding tert-OH is 1. The van der Waals surface area contributed by atoms with E-state index in [1.165, 1.54) is 6.08 Å². The van der Waals surface area contributed by atoms with Crippen LogP contribution in [0, 0.1) is 6.92 Å². The third kappa shape index (κ3) is 3.09. The molecule has 0 radical (unpaired) electrons. The molecule has 0 bridgehead atoms. The number of hydrogen-bond donors (Lipinski definition) is 1. The Hall–Kier alpha value is -0.930. The molecule has 1 N–H and O–H groups in total. The molecule has 0 aliphatic heterocycles. The minimum absolute atomic E-state index is 0.215. The number of hydrogen-bond acceptors (Lipinski definition) is 2. The fraction of sp³-hybridized carbons (Fsp3) is 0.273. The predicted molar refractivity (Wildman–Crippen MR) is 58.7 cm³/mol. The topological polar surface area (TPSA) is 37.3 Å². The Morgan fingerprint density at radius 3 is 2.57 bits per heavy atom. The minimum atomic E-state index is -1.14. The van der Waals surface area contributed by atoms with Crippen molar-refractivity contribution < 1.29 is 9.32 Å². The SMILES string of the molecule is C=C[C@H](O)C[S@@](=O)c1ccc(C)cc1. The van der Waals surface area contributed by atoms with E-state index in [-0.39, 0.29) is 5.75 Å². The quantitative estimate of drug-likeness (QED) is 0.767. The van der Waals surface area contributed by atoms with Crippen molar-refractivity contribution in [2.45, 2.75) is 17.9 Å². The molecular weight excluding hydrogens is 196 g/mol. The highest BCUT2D eigenvalue weighted by Gasteiger charge is 2.07. The highest BCUT2D eigenvalue weighted by Crippen LogP contribution is 2.09. The van der Waals surface area contributed by atoms with Gasteiger partial charge in [-0.1, -0.05) is 23.8 Å². The maximum atomic E-state index is 11.6. The zero-order valence-corrected chi connectivity index (χ0v) is 8.96. The van der Waals surface area contributed by atoms with Gasteiger partial charge in [-0.15, -0.1) is 6.58 Å². The van der Waals surface area contributed by atoms with Gasteiger partial charge in [0.2, 0.25) is 0 Å². The second-order valence-electron chi connectivity index (χ2n) is 3.13. The zero-order chi connectivity index (χ0) is 10.6. The summed E-state index contributed by atoms with van der Waals surface area (Å²) in [5.74, 6) is 0.215. The normalized spacial score (nSPS) is 14.7. The van der Waals surface area contributed by atoms with Crippen LogP contribution in [-0.4, -0.2) is 21.2 Å². The molecule has 0 saturated heterocycles. The number of rotatable bonds is 4. The average Bonchev–Trinajstić information content (AvgIpc) is 2.18. The Morgan fingerprint density at radius 2 is 2.07 bits per heavy atom. The van der Waals surface area contributed by atoms with E-state index in [0.717, 1.165) is 10.5 Å². The first kappa shape index (κ1) is 11.1. The first-order valence-corrected chi connectivity index (χ1v) is 5.71. The summed E-state index contributed by atoms with van der Waals surface area (Å²) in [6.45, 7) is 5.41. The fourth-order valence-electron chi connectivity index (χ4n) is 1.01. The van der Waals surface area contributed by atoms with Crippen LogP contribution in [0.5, 0.6) is 0 Å². The Morgan fingerprint density at radius 1 is 1.50 bits per heavy atom. The van der Waals surface area contributed by atoms with Crippen LogP contribution in [0.1, 0.15) is 5.56 Å². The smallest absolute Gasteiger partial charge is 0.0837 e. The molecule has 0 fully saturated rings. The summed E-state index contributed by atoms with van der Waals surface area (Å²) in [7, 11) is -1.14. The van der Waals surface area contributed by atoms with Crippen LogP contribution in [0.15, 0.2) is 41.8 Å². The molecule has 1 rings (SSSR count). The van der Waals surface area contributed by atoms with Gasteiger partial charge in [0, 0.05) is 4.90 Å². The molecule has 0 amide bonds. The highest BCUT2D eigenvalue weighted by molar-refractivity contribution is 7.85. The molecule has 0 heterocycles. The summed E-state index contributed by atoms with van der Waals surface area (Å²) >= 11 is 0. The molecule has 2 atom stereocenters. The van der Waals surface area contributed by atoms with Crippen LogP contribution in [0.25, 0.3) is 0 Å². The van der Waals surface area contributed by atoms with Gasteiger partial charge in [-0.05, 0) is 19.1 Å². The fourth-order valence-corrected chi connectivity index (χ4v) is 2.09. The van der Waals surface area contributed by atoms with E-state index in [2.05, 4.69) is 6.58 Å². The molecule has 0 spiro atoms. The van der Waals surface area contributed by atoms with E-state index in [4.69, 9.17) is 0 Å². The van der Waals surface area contributed by atoms with Gasteiger partial charge < -0.3 is 5.11 Å². The van der Waals surface area contributed by atoms with E-state index < -0.39 is 16.9 Å². The van der Waals surface area contributed by atoms with Gasteiger partial charge in [0.25, 0.3) is 0 Å². The first-order valence-electron chi connectivity index (χ1n) is 4.39. The molecule has 1 aromatic rings. The Labute approximate surface area is 86.7 Å². The molecule has 0 saturated carbocycles. The molecule has 0 aromatic heterocycles. The van der Waals surface area contributed by atoms with Crippen molar-refractivity contribution in [3.05, 3.63) is 42.5 Å². The van der Waals surface area contributed by atoms with Crippen LogP contribution >= 0.6 is 0 Å². The van der Waals surface area contributed by atoms with Crippen molar-refractivity contribution in [1.29, 1.82) is 0 Å². The molecule has 0 aliphatic rings. The summed E-state index contributed by atoms with van der Waals surface area (Å²) < 4.78 is 11.6. The lowest BCUT2D eigenvalue weighted by atomic mass is 10.2. The van der Waals surface area contributed by atoms with Crippen molar-refractivity contribution in [1.82, 2.24) is 0 Å². The molecule has 2 nitrogen and oxygen atoms in total. The second kappa shape index (κ2) is 5.08.